The van der Waals surface area contributed by atoms with Crippen LogP contribution in [0.4, 0.5) is 5.69 Å². The van der Waals surface area contributed by atoms with Crippen molar-refractivity contribution in [1.29, 1.82) is 0 Å². The number of amides is 3. The Labute approximate surface area is 186 Å². The maximum absolute atomic E-state index is 13.3. The molecule has 5 heteroatoms. The van der Waals surface area contributed by atoms with E-state index in [0.717, 1.165) is 23.6 Å². The van der Waals surface area contributed by atoms with Gasteiger partial charge in [0.25, 0.3) is 0 Å². The number of imide groups is 1. The molecule has 5 nitrogen and oxygen atoms in total. The number of likely N-dealkylation sites (tertiary alicyclic amines) is 1. The van der Waals surface area contributed by atoms with E-state index in [2.05, 4.69) is 17.4 Å². The molecule has 3 aromatic rings. The van der Waals surface area contributed by atoms with Gasteiger partial charge >= 0.3 is 0 Å². The van der Waals surface area contributed by atoms with E-state index in [1.54, 1.807) is 0 Å². The Morgan fingerprint density at radius 3 is 2.41 bits per heavy atom. The second kappa shape index (κ2) is 7.30. The molecule has 3 fully saturated rings. The third-order valence-corrected chi connectivity index (χ3v) is 7.70. The Hall–Kier alpha value is -3.47. The molecule has 160 valence electrons. The van der Waals surface area contributed by atoms with Crippen molar-refractivity contribution in [3.8, 4) is 0 Å². The number of rotatable bonds is 4. The van der Waals surface area contributed by atoms with Crippen molar-refractivity contribution in [2.24, 2.45) is 23.7 Å². The molecule has 0 radical (unpaired) electrons. The first kappa shape index (κ1) is 19.2. The van der Waals surface area contributed by atoms with Crippen molar-refractivity contribution in [3.05, 3.63) is 78.4 Å². The van der Waals surface area contributed by atoms with E-state index in [4.69, 9.17) is 0 Å². The number of fused-ring (bicyclic) bond motifs is 6. The molecular weight excluding hydrogens is 400 g/mol. The van der Waals surface area contributed by atoms with Gasteiger partial charge in [-0.3, -0.25) is 19.3 Å². The monoisotopic (exact) mass is 424 g/mol. The van der Waals surface area contributed by atoms with Crippen molar-refractivity contribution in [2.75, 3.05) is 11.9 Å². The first-order chi connectivity index (χ1) is 15.6. The summed E-state index contributed by atoms with van der Waals surface area (Å²) in [5.41, 5.74) is 1.95. The molecule has 2 bridgehead atoms. The average molecular weight is 425 g/mol. The number of carbonyl (C=O) groups is 3. The van der Waals surface area contributed by atoms with Crippen LogP contribution in [0.5, 0.6) is 0 Å². The molecule has 2 aliphatic carbocycles. The maximum Gasteiger partial charge on any atom is 0.244 e. The molecule has 1 N–H and O–H groups in total. The summed E-state index contributed by atoms with van der Waals surface area (Å²) in [5, 5.41) is 4.86. The highest BCUT2D eigenvalue weighted by atomic mass is 16.2. The molecule has 1 saturated heterocycles. The third-order valence-electron chi connectivity index (χ3n) is 7.70. The third kappa shape index (κ3) is 2.88. The summed E-state index contributed by atoms with van der Waals surface area (Å²) in [4.78, 5) is 40.5. The minimum absolute atomic E-state index is 0.160. The first-order valence-corrected chi connectivity index (χ1v) is 11.3. The van der Waals surface area contributed by atoms with Gasteiger partial charge in [-0.15, -0.1) is 0 Å². The fourth-order valence-electron chi connectivity index (χ4n) is 6.43. The molecule has 5 atom stereocenters. The predicted molar refractivity (Wildman–Crippen MR) is 122 cm³/mol. The second-order valence-corrected chi connectivity index (χ2v) is 9.30. The fraction of sp³-hybridized carbons (Fsp3) is 0.296. The minimum Gasteiger partial charge on any atom is -0.324 e. The van der Waals surface area contributed by atoms with Gasteiger partial charge in [0.05, 0.1) is 11.8 Å². The van der Waals surface area contributed by atoms with E-state index in [0.29, 0.717) is 11.6 Å². The molecule has 6 rings (SSSR count). The van der Waals surface area contributed by atoms with Crippen molar-refractivity contribution in [2.45, 2.75) is 18.8 Å². The maximum atomic E-state index is 13.3. The van der Waals surface area contributed by atoms with Gasteiger partial charge in [-0.1, -0.05) is 66.7 Å². The highest BCUT2D eigenvalue weighted by molar-refractivity contribution is 6.10. The van der Waals surface area contributed by atoms with E-state index in [-0.39, 0.29) is 47.9 Å². The Balaban J connectivity index is 1.20. The zero-order valence-corrected chi connectivity index (χ0v) is 17.6. The zero-order valence-electron chi connectivity index (χ0n) is 17.6. The second-order valence-electron chi connectivity index (χ2n) is 9.30. The number of anilines is 1. The van der Waals surface area contributed by atoms with E-state index in [1.807, 2.05) is 60.7 Å². The van der Waals surface area contributed by atoms with Crippen molar-refractivity contribution in [3.63, 3.8) is 0 Å². The van der Waals surface area contributed by atoms with Crippen molar-refractivity contribution >= 4 is 34.2 Å². The van der Waals surface area contributed by atoms with Gasteiger partial charge in [-0.2, -0.15) is 0 Å². The van der Waals surface area contributed by atoms with Gasteiger partial charge < -0.3 is 5.32 Å². The van der Waals surface area contributed by atoms with Gasteiger partial charge in [0.15, 0.2) is 0 Å². The smallest absolute Gasteiger partial charge is 0.244 e. The molecule has 0 aromatic heterocycles. The standard InChI is InChI=1S/C27H24N2O3/c30-23(28-22-12-6-10-16-9-4-5-11-19(16)22)15-29-26(31)24-18-13-20(17-7-2-1-3-8-17)21(14-18)25(24)27(29)32/h1-12,18,20-21,24-25H,13-15H2,(H,28,30)/t18-,20+,21-,24+,25+/m0/s1. The molecule has 1 heterocycles. The topological polar surface area (TPSA) is 66.5 Å². The normalized spacial score (nSPS) is 28.4. The van der Waals surface area contributed by atoms with E-state index in [9.17, 15) is 14.4 Å². The molecule has 32 heavy (non-hydrogen) atoms. The molecule has 0 unspecified atom stereocenters. The highest BCUT2D eigenvalue weighted by Gasteiger charge is 2.63. The molecule has 3 amide bonds. The quantitative estimate of drug-likeness (QED) is 0.639. The summed E-state index contributed by atoms with van der Waals surface area (Å²) >= 11 is 0. The SMILES string of the molecule is O=C(CN1C(=O)[C@@H]2[C@@H]3C[C@H]([C@H]2C1=O)[C@@H](c1ccccc1)C3)Nc1cccc2ccccc12. The van der Waals surface area contributed by atoms with Crippen LogP contribution in [0.15, 0.2) is 72.8 Å². The number of benzene rings is 3. The van der Waals surface area contributed by atoms with E-state index < -0.39 is 0 Å². The van der Waals surface area contributed by atoms with Crippen molar-refractivity contribution < 1.29 is 14.4 Å². The van der Waals surface area contributed by atoms with Crippen LogP contribution in [-0.2, 0) is 14.4 Å². The average Bonchev–Trinajstić information content (AvgIpc) is 3.48. The van der Waals surface area contributed by atoms with Crippen LogP contribution in [-0.4, -0.2) is 29.2 Å². The Morgan fingerprint density at radius 2 is 1.56 bits per heavy atom. The lowest BCUT2D eigenvalue weighted by molar-refractivity contribution is -0.143. The molecular formula is C27H24N2O3. The summed E-state index contributed by atoms with van der Waals surface area (Å²) < 4.78 is 0. The molecule has 3 aromatic carbocycles. The van der Waals surface area contributed by atoms with Crippen LogP contribution in [0.3, 0.4) is 0 Å². The number of carbonyl (C=O) groups excluding carboxylic acids is 3. The Bertz CT molecular complexity index is 1230. The van der Waals surface area contributed by atoms with Crippen LogP contribution in [0.2, 0.25) is 0 Å². The summed E-state index contributed by atoms with van der Waals surface area (Å²) in [6, 6.07) is 23.8. The fourth-order valence-corrected chi connectivity index (χ4v) is 6.43. The lowest BCUT2D eigenvalue weighted by Crippen LogP contribution is -2.39. The van der Waals surface area contributed by atoms with Gasteiger partial charge in [0.2, 0.25) is 17.7 Å². The van der Waals surface area contributed by atoms with Gasteiger partial charge in [0, 0.05) is 11.1 Å². The number of hydrogen-bond donors (Lipinski definition) is 1. The summed E-state index contributed by atoms with van der Waals surface area (Å²) in [7, 11) is 0. The summed E-state index contributed by atoms with van der Waals surface area (Å²) in [6.45, 7) is -0.219. The lowest BCUT2D eigenvalue weighted by Gasteiger charge is -2.28. The number of nitrogens with zero attached hydrogens (tertiary/aromatic N) is 1. The highest BCUT2D eigenvalue weighted by Crippen LogP contribution is 2.61. The van der Waals surface area contributed by atoms with Crippen LogP contribution >= 0.6 is 0 Å². The van der Waals surface area contributed by atoms with E-state index >= 15 is 0 Å². The predicted octanol–water partition coefficient (Wildman–Crippen LogP) is 4.20. The zero-order chi connectivity index (χ0) is 21.8. The summed E-state index contributed by atoms with van der Waals surface area (Å²) in [6.07, 6.45) is 1.88. The largest absolute Gasteiger partial charge is 0.324 e. The van der Waals surface area contributed by atoms with Crippen LogP contribution in [0.1, 0.15) is 24.3 Å². The number of nitrogens with one attached hydrogen (secondary N) is 1. The first-order valence-electron chi connectivity index (χ1n) is 11.3. The molecule has 0 spiro atoms. The van der Waals surface area contributed by atoms with Crippen LogP contribution in [0.25, 0.3) is 10.8 Å². The Morgan fingerprint density at radius 1 is 0.844 bits per heavy atom. The molecule has 2 saturated carbocycles. The van der Waals surface area contributed by atoms with Gasteiger partial charge in [-0.05, 0) is 47.6 Å². The Kier molecular flexibility index (Phi) is 4.39. The van der Waals surface area contributed by atoms with Crippen LogP contribution in [0, 0.1) is 23.7 Å². The molecule has 1 aliphatic heterocycles. The van der Waals surface area contributed by atoms with Gasteiger partial charge in [-0.25, -0.2) is 0 Å². The van der Waals surface area contributed by atoms with Crippen molar-refractivity contribution in [1.82, 2.24) is 4.90 Å². The summed E-state index contributed by atoms with van der Waals surface area (Å²) in [5.74, 6) is -0.450. The van der Waals surface area contributed by atoms with E-state index in [1.165, 1.54) is 10.5 Å². The molecule has 3 aliphatic rings. The lowest BCUT2D eigenvalue weighted by atomic mass is 9.73. The number of hydrogen-bond acceptors (Lipinski definition) is 3. The minimum atomic E-state index is -0.338. The van der Waals surface area contributed by atoms with Gasteiger partial charge in [0.1, 0.15) is 6.54 Å². The van der Waals surface area contributed by atoms with Crippen LogP contribution < -0.4 is 5.32 Å².